The van der Waals surface area contributed by atoms with Crippen LogP contribution in [-0.4, -0.2) is 40.3 Å². The van der Waals surface area contributed by atoms with Crippen LogP contribution in [0.2, 0.25) is 0 Å². The Hall–Kier alpha value is -4.46. The number of hydrogen-bond acceptors (Lipinski definition) is 6. The van der Waals surface area contributed by atoms with Gasteiger partial charge >= 0.3 is 0 Å². The molecule has 2 aromatic heterocycles. The topological polar surface area (TPSA) is 96.6 Å². The maximum absolute atomic E-state index is 14.0. The molecule has 3 N–H and O–H groups in total. The number of hydrogen-bond donors (Lipinski definition) is 3. The van der Waals surface area contributed by atoms with Crippen molar-refractivity contribution in [3.63, 3.8) is 0 Å². The Morgan fingerprint density at radius 2 is 1.82 bits per heavy atom. The van der Waals surface area contributed by atoms with Gasteiger partial charge in [0.2, 0.25) is 0 Å². The minimum Gasteiger partial charge on any atom is -0.487 e. The Bertz CT molecular complexity index is 1780. The van der Waals surface area contributed by atoms with Crippen molar-refractivity contribution in [3.05, 3.63) is 120 Å². The van der Waals surface area contributed by atoms with Crippen LogP contribution in [0.3, 0.4) is 0 Å². The van der Waals surface area contributed by atoms with Crippen molar-refractivity contribution >= 4 is 16.8 Å². The van der Waals surface area contributed by atoms with Gasteiger partial charge in [0.1, 0.15) is 17.0 Å². The number of aliphatic hydroxyl groups is 1. The van der Waals surface area contributed by atoms with Gasteiger partial charge in [-0.15, -0.1) is 0 Å². The first-order chi connectivity index (χ1) is 22.0. The van der Waals surface area contributed by atoms with Gasteiger partial charge in [-0.3, -0.25) is 4.79 Å². The molecule has 0 unspecified atom stereocenters. The number of amides is 1. The second-order valence-corrected chi connectivity index (χ2v) is 12.4. The number of para-hydroxylation sites is 1. The zero-order chi connectivity index (χ0) is 30.8. The van der Waals surface area contributed by atoms with Gasteiger partial charge in [-0.05, 0) is 73.6 Å². The number of carbonyl (C=O) groups excluding carboxylic acids is 1. The number of nitrogens with zero attached hydrogens (tertiary/aromatic N) is 1. The normalized spacial score (nSPS) is 18.0. The van der Waals surface area contributed by atoms with E-state index in [1.54, 1.807) is 18.4 Å². The summed E-state index contributed by atoms with van der Waals surface area (Å²) in [7, 11) is 0. The molecule has 0 radical (unpaired) electrons. The van der Waals surface area contributed by atoms with Gasteiger partial charge < -0.3 is 24.9 Å². The first kappa shape index (κ1) is 29.3. The predicted molar refractivity (Wildman–Crippen MR) is 175 cm³/mol. The van der Waals surface area contributed by atoms with E-state index in [9.17, 15) is 9.90 Å². The highest BCUT2D eigenvalue weighted by atomic mass is 16.5. The number of pyridine rings is 1. The molecular weight excluding hydrogens is 562 g/mol. The first-order valence-corrected chi connectivity index (χ1v) is 16.0. The molecule has 1 aliphatic heterocycles. The lowest BCUT2D eigenvalue weighted by Gasteiger charge is -2.48. The van der Waals surface area contributed by atoms with Crippen LogP contribution >= 0.6 is 0 Å². The Labute approximate surface area is 263 Å². The number of furan rings is 1. The quantitative estimate of drug-likeness (QED) is 0.163. The molecule has 1 amide bonds. The van der Waals surface area contributed by atoms with E-state index in [-0.39, 0.29) is 17.6 Å². The smallest absolute Gasteiger partial charge is 0.252 e. The van der Waals surface area contributed by atoms with Crippen LogP contribution in [0.5, 0.6) is 5.75 Å². The molecule has 7 nitrogen and oxygen atoms in total. The number of nitrogens with one attached hydrogen (secondary N) is 2. The van der Waals surface area contributed by atoms with Gasteiger partial charge in [-0.2, -0.15) is 0 Å². The van der Waals surface area contributed by atoms with E-state index in [2.05, 4.69) is 35.8 Å². The van der Waals surface area contributed by atoms with Gasteiger partial charge in [-0.25, -0.2) is 4.98 Å². The van der Waals surface area contributed by atoms with Crippen molar-refractivity contribution in [2.24, 2.45) is 0 Å². The number of carbonyl (C=O) groups is 1. The molecule has 1 aliphatic carbocycles. The SMILES string of the molecule is CCc1ccc2c(c1)[C@@H](NC[C@@H](O)[C@H](Cc1ccccc1)NC(=O)c1cc(-c3ccco3)nc3ccccc13)CC1(CCC1)O2. The van der Waals surface area contributed by atoms with Crippen molar-refractivity contribution in [2.75, 3.05) is 6.54 Å². The maximum Gasteiger partial charge on any atom is 0.252 e. The Balaban J connectivity index is 1.15. The van der Waals surface area contributed by atoms with Gasteiger partial charge in [0.05, 0.1) is 29.5 Å². The minimum absolute atomic E-state index is 0.0586. The van der Waals surface area contributed by atoms with Gasteiger partial charge in [-0.1, -0.05) is 67.6 Å². The standard InChI is InChI=1S/C38H39N3O4/c1-2-25-15-16-35-29(20-25)33(23-38(45-35)17-9-18-38)39-24-34(42)31(21-26-10-4-3-5-11-26)41-37(43)28-22-32(36-14-8-19-44-36)40-30-13-7-6-12-27(28)30/h3-8,10-16,19-20,22,31,33-34,39,42H,2,9,17-18,21,23-24H2,1H3,(H,41,43)/t31-,33-,34+/m0/s1. The minimum atomic E-state index is -0.843. The Morgan fingerprint density at radius 1 is 1.00 bits per heavy atom. The van der Waals surface area contributed by atoms with Gasteiger partial charge in [0.25, 0.3) is 5.91 Å². The predicted octanol–water partition coefficient (Wildman–Crippen LogP) is 6.80. The van der Waals surface area contributed by atoms with Crippen LogP contribution in [-0.2, 0) is 12.8 Å². The maximum atomic E-state index is 14.0. The average molecular weight is 602 g/mol. The zero-order valence-corrected chi connectivity index (χ0v) is 25.5. The second-order valence-electron chi connectivity index (χ2n) is 12.4. The third-order valence-electron chi connectivity index (χ3n) is 9.41. The molecule has 1 fully saturated rings. The number of benzene rings is 3. The lowest BCUT2D eigenvalue weighted by atomic mass is 9.72. The monoisotopic (exact) mass is 601 g/mol. The van der Waals surface area contributed by atoms with E-state index in [1.807, 2.05) is 60.7 Å². The highest BCUT2D eigenvalue weighted by molar-refractivity contribution is 6.07. The molecule has 5 aromatic rings. The third kappa shape index (κ3) is 6.10. The molecule has 230 valence electrons. The molecule has 3 aromatic carbocycles. The molecule has 0 bridgehead atoms. The van der Waals surface area contributed by atoms with E-state index >= 15 is 0 Å². The number of aliphatic hydroxyl groups excluding tert-OH is 1. The van der Waals surface area contributed by atoms with Crippen molar-refractivity contribution < 1.29 is 19.1 Å². The van der Waals surface area contributed by atoms with Crippen LogP contribution in [0.15, 0.2) is 102 Å². The molecule has 45 heavy (non-hydrogen) atoms. The number of fused-ring (bicyclic) bond motifs is 2. The lowest BCUT2D eigenvalue weighted by molar-refractivity contribution is -0.0382. The average Bonchev–Trinajstić information content (AvgIpc) is 3.61. The fourth-order valence-corrected chi connectivity index (χ4v) is 6.72. The van der Waals surface area contributed by atoms with Gasteiger partial charge in [0, 0.05) is 30.0 Å². The lowest BCUT2D eigenvalue weighted by Crippen LogP contribution is -2.52. The van der Waals surface area contributed by atoms with Crippen molar-refractivity contribution in [1.29, 1.82) is 0 Å². The Morgan fingerprint density at radius 3 is 2.58 bits per heavy atom. The van der Waals surface area contributed by atoms with E-state index in [1.165, 1.54) is 12.0 Å². The summed E-state index contributed by atoms with van der Waals surface area (Å²) < 4.78 is 12.1. The van der Waals surface area contributed by atoms with Crippen molar-refractivity contribution in [1.82, 2.24) is 15.6 Å². The summed E-state index contributed by atoms with van der Waals surface area (Å²) in [5, 5.41) is 19.4. The highest BCUT2D eigenvalue weighted by Crippen LogP contribution is 2.49. The van der Waals surface area contributed by atoms with E-state index < -0.39 is 12.1 Å². The van der Waals surface area contributed by atoms with E-state index in [0.29, 0.717) is 35.5 Å². The van der Waals surface area contributed by atoms with Crippen LogP contribution in [0.4, 0.5) is 0 Å². The summed E-state index contributed by atoms with van der Waals surface area (Å²) in [4.78, 5) is 18.8. The Kier molecular flexibility index (Phi) is 8.13. The summed E-state index contributed by atoms with van der Waals surface area (Å²) in [5.74, 6) is 1.27. The zero-order valence-electron chi connectivity index (χ0n) is 25.5. The molecule has 3 atom stereocenters. The number of ether oxygens (including phenoxy) is 1. The highest BCUT2D eigenvalue weighted by Gasteiger charge is 2.45. The summed E-state index contributed by atoms with van der Waals surface area (Å²) in [6, 6.07) is 29.0. The third-order valence-corrected chi connectivity index (χ3v) is 9.41. The molecular formula is C38H39N3O4. The van der Waals surface area contributed by atoms with E-state index in [4.69, 9.17) is 14.1 Å². The van der Waals surface area contributed by atoms with Crippen LogP contribution < -0.4 is 15.4 Å². The molecule has 3 heterocycles. The van der Waals surface area contributed by atoms with Crippen LogP contribution in [0, 0.1) is 0 Å². The number of rotatable bonds is 10. The second kappa shape index (κ2) is 12.5. The fourth-order valence-electron chi connectivity index (χ4n) is 6.72. The summed E-state index contributed by atoms with van der Waals surface area (Å²) in [5.41, 5.74) is 5.10. The van der Waals surface area contributed by atoms with Crippen LogP contribution in [0.1, 0.15) is 65.7 Å². The summed E-state index contributed by atoms with van der Waals surface area (Å²) in [6.07, 6.45) is 6.33. The molecule has 2 aliphatic rings. The number of aryl methyl sites for hydroxylation is 1. The van der Waals surface area contributed by atoms with Crippen molar-refractivity contribution in [3.8, 4) is 17.2 Å². The molecule has 7 rings (SSSR count). The molecule has 0 saturated heterocycles. The summed E-state index contributed by atoms with van der Waals surface area (Å²) in [6.45, 7) is 2.48. The van der Waals surface area contributed by atoms with Crippen molar-refractivity contribution in [2.45, 2.75) is 69.2 Å². The first-order valence-electron chi connectivity index (χ1n) is 16.0. The molecule has 1 saturated carbocycles. The van der Waals surface area contributed by atoms with Gasteiger partial charge in [0.15, 0.2) is 5.76 Å². The van der Waals surface area contributed by atoms with E-state index in [0.717, 1.165) is 47.9 Å². The molecule has 7 heteroatoms. The summed E-state index contributed by atoms with van der Waals surface area (Å²) >= 11 is 0. The fraction of sp³-hybridized carbons (Fsp3) is 0.316. The molecule has 1 spiro atoms. The van der Waals surface area contributed by atoms with Crippen LogP contribution in [0.25, 0.3) is 22.4 Å². The largest absolute Gasteiger partial charge is 0.487 e. The number of aromatic nitrogens is 1.